The first-order valence-electron chi connectivity index (χ1n) is 7.20. The van der Waals surface area contributed by atoms with Crippen LogP contribution in [0.1, 0.15) is 17.0 Å². The number of nitrogens with zero attached hydrogens (tertiary/aromatic N) is 2. The Kier molecular flexibility index (Phi) is 6.04. The Hall–Kier alpha value is -1.56. The average molecular weight is 356 g/mol. The minimum absolute atomic E-state index is 0.0538. The fraction of sp³-hybridized carbons (Fsp3) is 0.375. The number of aromatic nitrogens is 2. The summed E-state index contributed by atoms with van der Waals surface area (Å²) in [5, 5.41) is 8.29. The normalized spacial score (nSPS) is 10.8. The zero-order valence-electron chi connectivity index (χ0n) is 13.3. The van der Waals surface area contributed by atoms with Crippen molar-refractivity contribution in [3.05, 3.63) is 45.2 Å². The number of hydrogen-bond donors (Lipinski definition) is 1. The van der Waals surface area contributed by atoms with Crippen molar-refractivity contribution in [2.24, 2.45) is 0 Å². The van der Waals surface area contributed by atoms with E-state index in [4.69, 9.17) is 27.9 Å². The standard InChI is InChI=1S/C16H19Cl2N3O2/c1-10-13(9-16(22)19-6-7-23-3)11(2)21(20-10)12-4-5-14(17)15(18)8-12/h4-5,8H,6-7,9H2,1-3H3,(H,19,22). The molecule has 0 aliphatic carbocycles. The Balaban J connectivity index is 2.22. The summed E-state index contributed by atoms with van der Waals surface area (Å²) in [7, 11) is 1.60. The van der Waals surface area contributed by atoms with E-state index >= 15 is 0 Å². The Bertz CT molecular complexity index is 714. The third kappa shape index (κ3) is 4.25. The molecule has 0 saturated heterocycles. The molecular formula is C16H19Cl2N3O2. The summed E-state index contributed by atoms with van der Waals surface area (Å²) in [6, 6.07) is 5.33. The predicted octanol–water partition coefficient (Wildman–Crippen LogP) is 3.10. The highest BCUT2D eigenvalue weighted by Crippen LogP contribution is 2.26. The molecule has 0 atom stereocenters. The van der Waals surface area contributed by atoms with Crippen molar-refractivity contribution in [2.75, 3.05) is 20.3 Å². The molecule has 0 aliphatic rings. The lowest BCUT2D eigenvalue weighted by molar-refractivity contribution is -0.120. The number of ether oxygens (including phenoxy) is 1. The molecule has 2 rings (SSSR count). The van der Waals surface area contributed by atoms with E-state index in [9.17, 15) is 4.79 Å². The molecule has 0 fully saturated rings. The van der Waals surface area contributed by atoms with Crippen molar-refractivity contribution in [1.82, 2.24) is 15.1 Å². The van der Waals surface area contributed by atoms with Gasteiger partial charge in [-0.3, -0.25) is 4.79 Å². The second-order valence-electron chi connectivity index (χ2n) is 5.18. The van der Waals surface area contributed by atoms with Crippen LogP contribution in [0.3, 0.4) is 0 Å². The maximum Gasteiger partial charge on any atom is 0.224 e. The van der Waals surface area contributed by atoms with Crippen LogP contribution in [-0.4, -0.2) is 35.9 Å². The Morgan fingerprint density at radius 3 is 2.70 bits per heavy atom. The van der Waals surface area contributed by atoms with Gasteiger partial charge in [-0.2, -0.15) is 5.10 Å². The first-order valence-corrected chi connectivity index (χ1v) is 7.95. The number of benzene rings is 1. The highest BCUT2D eigenvalue weighted by Gasteiger charge is 2.16. The van der Waals surface area contributed by atoms with E-state index in [-0.39, 0.29) is 12.3 Å². The molecule has 1 heterocycles. The predicted molar refractivity (Wildman–Crippen MR) is 91.6 cm³/mol. The molecule has 7 heteroatoms. The molecule has 1 amide bonds. The van der Waals surface area contributed by atoms with Gasteiger partial charge >= 0.3 is 0 Å². The van der Waals surface area contributed by atoms with Gasteiger partial charge in [0.2, 0.25) is 5.91 Å². The minimum Gasteiger partial charge on any atom is -0.383 e. The van der Waals surface area contributed by atoms with Gasteiger partial charge in [0.15, 0.2) is 0 Å². The third-order valence-corrected chi connectivity index (χ3v) is 4.29. The molecule has 0 unspecified atom stereocenters. The number of amides is 1. The number of carbonyl (C=O) groups is 1. The highest BCUT2D eigenvalue weighted by molar-refractivity contribution is 6.42. The van der Waals surface area contributed by atoms with Crippen molar-refractivity contribution in [1.29, 1.82) is 0 Å². The van der Waals surface area contributed by atoms with Gasteiger partial charge in [-0.15, -0.1) is 0 Å². The third-order valence-electron chi connectivity index (χ3n) is 3.55. The summed E-state index contributed by atoms with van der Waals surface area (Å²) in [5.41, 5.74) is 3.44. The summed E-state index contributed by atoms with van der Waals surface area (Å²) < 4.78 is 6.69. The van der Waals surface area contributed by atoms with Crippen LogP contribution in [-0.2, 0) is 16.0 Å². The van der Waals surface area contributed by atoms with Crippen LogP contribution in [0.25, 0.3) is 5.69 Å². The van der Waals surface area contributed by atoms with Crippen LogP contribution in [0.5, 0.6) is 0 Å². The fourth-order valence-electron chi connectivity index (χ4n) is 2.31. The lowest BCUT2D eigenvalue weighted by Crippen LogP contribution is -2.28. The summed E-state index contributed by atoms with van der Waals surface area (Å²) >= 11 is 12.0. The number of hydrogen-bond acceptors (Lipinski definition) is 3. The summed E-state index contributed by atoms with van der Waals surface area (Å²) in [6.07, 6.45) is 0.280. The van der Waals surface area contributed by atoms with Crippen molar-refractivity contribution >= 4 is 29.1 Å². The van der Waals surface area contributed by atoms with Crippen LogP contribution in [0, 0.1) is 13.8 Å². The van der Waals surface area contributed by atoms with Gasteiger partial charge in [0, 0.05) is 24.9 Å². The number of methoxy groups -OCH3 is 1. The molecule has 5 nitrogen and oxygen atoms in total. The molecule has 124 valence electrons. The molecule has 1 N–H and O–H groups in total. The van der Waals surface area contributed by atoms with Crippen LogP contribution < -0.4 is 5.32 Å². The molecule has 0 radical (unpaired) electrons. The molecule has 1 aromatic carbocycles. The van der Waals surface area contributed by atoms with Crippen LogP contribution in [0.4, 0.5) is 0 Å². The average Bonchev–Trinajstić information content (AvgIpc) is 2.78. The SMILES string of the molecule is COCCNC(=O)Cc1c(C)nn(-c2ccc(Cl)c(Cl)c2)c1C. The van der Waals surface area contributed by atoms with E-state index < -0.39 is 0 Å². The lowest BCUT2D eigenvalue weighted by atomic mass is 10.1. The maximum atomic E-state index is 12.0. The smallest absolute Gasteiger partial charge is 0.224 e. The quantitative estimate of drug-likeness (QED) is 0.810. The van der Waals surface area contributed by atoms with Crippen LogP contribution >= 0.6 is 23.2 Å². The van der Waals surface area contributed by atoms with E-state index in [1.807, 2.05) is 19.9 Å². The summed E-state index contributed by atoms with van der Waals surface area (Å²) in [6.45, 7) is 4.81. The van der Waals surface area contributed by atoms with E-state index in [1.54, 1.807) is 23.9 Å². The van der Waals surface area contributed by atoms with Gasteiger partial charge in [0.25, 0.3) is 0 Å². The van der Waals surface area contributed by atoms with Crippen molar-refractivity contribution in [2.45, 2.75) is 20.3 Å². The van der Waals surface area contributed by atoms with Crippen molar-refractivity contribution in [3.63, 3.8) is 0 Å². The zero-order valence-corrected chi connectivity index (χ0v) is 14.8. The number of aryl methyl sites for hydroxylation is 1. The van der Waals surface area contributed by atoms with Crippen LogP contribution in [0.2, 0.25) is 10.0 Å². The van der Waals surface area contributed by atoms with E-state index in [0.717, 1.165) is 22.6 Å². The minimum atomic E-state index is -0.0538. The number of rotatable bonds is 6. The van der Waals surface area contributed by atoms with Gasteiger partial charge in [0.1, 0.15) is 0 Å². The number of nitrogens with one attached hydrogen (secondary N) is 1. The maximum absolute atomic E-state index is 12.0. The molecule has 23 heavy (non-hydrogen) atoms. The molecule has 2 aromatic rings. The Labute approximate surface area is 145 Å². The molecule has 1 aromatic heterocycles. The molecule has 0 saturated carbocycles. The Morgan fingerprint density at radius 2 is 2.04 bits per heavy atom. The monoisotopic (exact) mass is 355 g/mol. The molecule has 0 spiro atoms. The molecule has 0 aliphatic heterocycles. The van der Waals surface area contributed by atoms with Gasteiger partial charge < -0.3 is 10.1 Å². The van der Waals surface area contributed by atoms with E-state index in [2.05, 4.69) is 10.4 Å². The van der Waals surface area contributed by atoms with Crippen molar-refractivity contribution in [3.8, 4) is 5.69 Å². The summed E-state index contributed by atoms with van der Waals surface area (Å²) in [4.78, 5) is 12.0. The first-order chi connectivity index (χ1) is 10.9. The van der Waals surface area contributed by atoms with Gasteiger partial charge in [-0.1, -0.05) is 23.2 Å². The fourth-order valence-corrected chi connectivity index (χ4v) is 2.61. The largest absolute Gasteiger partial charge is 0.383 e. The first kappa shape index (κ1) is 17.8. The lowest BCUT2D eigenvalue weighted by Gasteiger charge is -2.07. The van der Waals surface area contributed by atoms with Gasteiger partial charge in [0.05, 0.1) is 34.5 Å². The topological polar surface area (TPSA) is 56.1 Å². The molecular weight excluding hydrogens is 337 g/mol. The second-order valence-corrected chi connectivity index (χ2v) is 5.99. The van der Waals surface area contributed by atoms with Crippen molar-refractivity contribution < 1.29 is 9.53 Å². The molecule has 0 bridgehead atoms. The zero-order chi connectivity index (χ0) is 17.0. The summed E-state index contributed by atoms with van der Waals surface area (Å²) in [5.74, 6) is -0.0538. The number of carbonyl (C=O) groups excluding carboxylic acids is 1. The Morgan fingerprint density at radius 1 is 1.30 bits per heavy atom. The highest BCUT2D eigenvalue weighted by atomic mass is 35.5. The van der Waals surface area contributed by atoms with E-state index in [0.29, 0.717) is 23.2 Å². The van der Waals surface area contributed by atoms with E-state index in [1.165, 1.54) is 0 Å². The van der Waals surface area contributed by atoms with Gasteiger partial charge in [-0.25, -0.2) is 4.68 Å². The number of halogens is 2. The van der Waals surface area contributed by atoms with Crippen LogP contribution in [0.15, 0.2) is 18.2 Å². The van der Waals surface area contributed by atoms with Gasteiger partial charge in [-0.05, 0) is 32.0 Å². The second kappa shape index (κ2) is 7.81.